The third-order valence-electron chi connectivity index (χ3n) is 3.41. The summed E-state index contributed by atoms with van der Waals surface area (Å²) in [5, 5.41) is 1.48. The van der Waals surface area contributed by atoms with Crippen molar-refractivity contribution < 1.29 is 9.53 Å². The molecule has 0 N–H and O–H groups in total. The van der Waals surface area contributed by atoms with Crippen LogP contribution < -0.4 is 4.74 Å². The summed E-state index contributed by atoms with van der Waals surface area (Å²) < 4.78 is 5.61. The lowest BCUT2D eigenvalue weighted by Gasteiger charge is -2.09. The molecule has 0 bridgehead atoms. The van der Waals surface area contributed by atoms with Crippen LogP contribution in [-0.4, -0.2) is 12.4 Å². The minimum Gasteiger partial charge on any atom is -0.493 e. The summed E-state index contributed by atoms with van der Waals surface area (Å²) >= 11 is 18.1. The van der Waals surface area contributed by atoms with Gasteiger partial charge in [0, 0.05) is 34.0 Å². The van der Waals surface area contributed by atoms with Gasteiger partial charge in [0.15, 0.2) is 5.78 Å². The zero-order valence-corrected chi connectivity index (χ0v) is 13.2. The molecule has 0 unspecified atom stereocenters. The number of Topliss-reactive ketones (excluding diaryl/α,β-unsaturated/α-hetero) is 1. The van der Waals surface area contributed by atoms with Crippen LogP contribution in [0.3, 0.4) is 0 Å². The molecule has 21 heavy (non-hydrogen) atoms. The molecule has 0 amide bonds. The highest BCUT2D eigenvalue weighted by Crippen LogP contribution is 2.34. The van der Waals surface area contributed by atoms with E-state index in [1.807, 2.05) is 6.07 Å². The van der Waals surface area contributed by atoms with E-state index >= 15 is 0 Å². The van der Waals surface area contributed by atoms with Crippen molar-refractivity contribution >= 4 is 40.6 Å². The van der Waals surface area contributed by atoms with E-state index in [-0.39, 0.29) is 12.2 Å². The topological polar surface area (TPSA) is 26.3 Å². The summed E-state index contributed by atoms with van der Waals surface area (Å²) in [5.74, 6) is 0.661. The second kappa shape index (κ2) is 5.88. The van der Waals surface area contributed by atoms with Crippen molar-refractivity contribution in [1.82, 2.24) is 0 Å². The highest BCUT2D eigenvalue weighted by Gasteiger charge is 2.20. The number of hydrogen-bond acceptors (Lipinski definition) is 2. The van der Waals surface area contributed by atoms with Crippen molar-refractivity contribution in [1.29, 1.82) is 0 Å². The van der Waals surface area contributed by atoms with Crippen molar-refractivity contribution in [3.8, 4) is 5.75 Å². The number of rotatable bonds is 3. The summed E-state index contributed by atoms with van der Waals surface area (Å²) in [4.78, 5) is 12.5. The van der Waals surface area contributed by atoms with Gasteiger partial charge in [0.1, 0.15) is 5.75 Å². The lowest BCUT2D eigenvalue weighted by atomic mass is 10.00. The Labute approximate surface area is 137 Å². The van der Waals surface area contributed by atoms with Gasteiger partial charge in [0.25, 0.3) is 0 Å². The first-order valence-electron chi connectivity index (χ1n) is 6.47. The van der Waals surface area contributed by atoms with Gasteiger partial charge >= 0.3 is 0 Å². The molecule has 3 rings (SSSR count). The highest BCUT2D eigenvalue weighted by atomic mass is 35.5. The Balaban J connectivity index is 1.94. The van der Waals surface area contributed by atoms with Crippen LogP contribution in [0.2, 0.25) is 15.1 Å². The van der Waals surface area contributed by atoms with Crippen molar-refractivity contribution in [2.45, 2.75) is 12.8 Å². The maximum atomic E-state index is 12.5. The lowest BCUT2D eigenvalue weighted by molar-refractivity contribution is 0.0992. The summed E-state index contributed by atoms with van der Waals surface area (Å²) in [7, 11) is 0. The SMILES string of the molecule is O=C(Cc1cc(Cl)cc2c1OCC2)c1cc(Cl)ccc1Cl. The molecule has 2 nitrogen and oxygen atoms in total. The number of carbonyl (C=O) groups excluding carboxylic acids is 1. The number of hydrogen-bond donors (Lipinski definition) is 0. The quantitative estimate of drug-likeness (QED) is 0.734. The molecule has 2 aromatic rings. The number of ether oxygens (including phenoxy) is 1. The Morgan fingerprint density at radius 2 is 1.90 bits per heavy atom. The number of ketones is 1. The molecule has 0 spiro atoms. The van der Waals surface area contributed by atoms with Crippen LogP contribution in [0, 0.1) is 0 Å². The normalized spacial score (nSPS) is 12.9. The fourth-order valence-electron chi connectivity index (χ4n) is 2.46. The zero-order valence-electron chi connectivity index (χ0n) is 11.0. The van der Waals surface area contributed by atoms with Gasteiger partial charge in [-0.3, -0.25) is 4.79 Å². The molecule has 0 fully saturated rings. The predicted octanol–water partition coefficient (Wildman–Crippen LogP) is 5.01. The number of benzene rings is 2. The van der Waals surface area contributed by atoms with E-state index in [0.717, 1.165) is 23.3 Å². The Hall–Kier alpha value is -1.22. The highest BCUT2D eigenvalue weighted by molar-refractivity contribution is 6.36. The maximum Gasteiger partial charge on any atom is 0.168 e. The van der Waals surface area contributed by atoms with Crippen LogP contribution >= 0.6 is 34.8 Å². The Kier molecular flexibility index (Phi) is 4.12. The van der Waals surface area contributed by atoms with Gasteiger partial charge in [-0.15, -0.1) is 0 Å². The van der Waals surface area contributed by atoms with Crippen LogP contribution in [0.15, 0.2) is 30.3 Å². The fraction of sp³-hybridized carbons (Fsp3) is 0.188. The molecule has 0 radical (unpaired) electrons. The fourth-order valence-corrected chi connectivity index (χ4v) is 3.12. The van der Waals surface area contributed by atoms with E-state index in [2.05, 4.69) is 0 Å². The smallest absolute Gasteiger partial charge is 0.168 e. The van der Waals surface area contributed by atoms with Gasteiger partial charge in [0.05, 0.1) is 11.6 Å². The van der Waals surface area contributed by atoms with Crippen molar-refractivity contribution in [3.63, 3.8) is 0 Å². The van der Waals surface area contributed by atoms with Crippen LogP contribution in [0.5, 0.6) is 5.75 Å². The molecule has 5 heteroatoms. The molecule has 0 saturated carbocycles. The molecule has 0 aromatic heterocycles. The Bertz CT molecular complexity index is 726. The monoisotopic (exact) mass is 340 g/mol. The van der Waals surface area contributed by atoms with E-state index < -0.39 is 0 Å². The molecular formula is C16H11Cl3O2. The van der Waals surface area contributed by atoms with Gasteiger partial charge in [-0.1, -0.05) is 34.8 Å². The van der Waals surface area contributed by atoms with Crippen molar-refractivity contribution in [2.24, 2.45) is 0 Å². The maximum absolute atomic E-state index is 12.5. The minimum atomic E-state index is -0.109. The molecule has 2 aromatic carbocycles. The third-order valence-corrected chi connectivity index (χ3v) is 4.19. The van der Waals surface area contributed by atoms with E-state index in [0.29, 0.717) is 27.2 Å². The average molecular weight is 342 g/mol. The average Bonchev–Trinajstić information content (AvgIpc) is 2.89. The predicted molar refractivity (Wildman–Crippen MR) is 85.1 cm³/mol. The van der Waals surface area contributed by atoms with Crippen LogP contribution in [0.25, 0.3) is 0 Å². The molecule has 0 aliphatic carbocycles. The van der Waals surface area contributed by atoms with E-state index in [1.165, 1.54) is 0 Å². The summed E-state index contributed by atoms with van der Waals surface area (Å²) in [5.41, 5.74) is 2.24. The largest absolute Gasteiger partial charge is 0.493 e. The zero-order chi connectivity index (χ0) is 15.0. The van der Waals surface area contributed by atoms with Gasteiger partial charge < -0.3 is 4.74 Å². The van der Waals surface area contributed by atoms with Crippen LogP contribution in [0.1, 0.15) is 21.5 Å². The summed E-state index contributed by atoms with van der Waals surface area (Å²) in [6.45, 7) is 0.620. The minimum absolute atomic E-state index is 0.109. The number of fused-ring (bicyclic) bond motifs is 1. The van der Waals surface area contributed by atoms with Crippen molar-refractivity contribution in [3.05, 3.63) is 62.1 Å². The van der Waals surface area contributed by atoms with E-state index in [4.69, 9.17) is 39.5 Å². The van der Waals surface area contributed by atoms with Crippen LogP contribution in [-0.2, 0) is 12.8 Å². The van der Waals surface area contributed by atoms with Gasteiger partial charge in [-0.05, 0) is 35.9 Å². The molecular weight excluding hydrogens is 331 g/mol. The number of carbonyl (C=O) groups is 1. The summed E-state index contributed by atoms with van der Waals surface area (Å²) in [6, 6.07) is 8.50. The molecule has 1 heterocycles. The van der Waals surface area contributed by atoms with Gasteiger partial charge in [-0.25, -0.2) is 0 Å². The Morgan fingerprint density at radius 1 is 1.10 bits per heavy atom. The van der Waals surface area contributed by atoms with Crippen LogP contribution in [0.4, 0.5) is 0 Å². The first kappa shape index (κ1) is 14.7. The summed E-state index contributed by atoms with van der Waals surface area (Å²) in [6.07, 6.45) is 0.998. The standard InChI is InChI=1S/C16H11Cl3O2/c17-11-1-2-14(19)13(8-11)15(20)7-10-6-12(18)5-9-3-4-21-16(9)10/h1-2,5-6,8H,3-4,7H2. The van der Waals surface area contributed by atoms with Crippen molar-refractivity contribution in [2.75, 3.05) is 6.61 Å². The first-order valence-corrected chi connectivity index (χ1v) is 7.60. The van der Waals surface area contributed by atoms with E-state index in [1.54, 1.807) is 24.3 Å². The molecule has 108 valence electrons. The molecule has 0 saturated heterocycles. The third kappa shape index (κ3) is 3.03. The van der Waals surface area contributed by atoms with E-state index in [9.17, 15) is 4.79 Å². The number of halogens is 3. The lowest BCUT2D eigenvalue weighted by Crippen LogP contribution is -2.06. The molecule has 1 aliphatic rings. The Morgan fingerprint density at radius 3 is 2.71 bits per heavy atom. The second-order valence-corrected chi connectivity index (χ2v) is 6.16. The molecule has 1 aliphatic heterocycles. The first-order chi connectivity index (χ1) is 10.0. The molecule has 0 atom stereocenters. The van der Waals surface area contributed by atoms with Gasteiger partial charge in [-0.2, -0.15) is 0 Å². The van der Waals surface area contributed by atoms with Gasteiger partial charge in [0.2, 0.25) is 0 Å². The second-order valence-electron chi connectivity index (χ2n) is 4.88.